The molecular weight excluding hydrogens is 166 g/mol. The Balaban J connectivity index is 1.76. The second-order valence-electron chi connectivity index (χ2n) is 4.52. The summed E-state index contributed by atoms with van der Waals surface area (Å²) in [5, 5.41) is 0.967. The lowest BCUT2D eigenvalue weighted by Gasteiger charge is -2.21. The van der Waals surface area contributed by atoms with Crippen LogP contribution in [0.4, 0.5) is 0 Å². The molecule has 1 nitrogen and oxygen atoms in total. The summed E-state index contributed by atoms with van der Waals surface area (Å²) in [6, 6.07) is 0.383. The van der Waals surface area contributed by atoms with E-state index in [1.165, 1.54) is 25.7 Å². The second-order valence-corrected chi connectivity index (χ2v) is 5.80. The average Bonchev–Trinajstić information content (AvgIpc) is 2.60. The molecule has 0 aliphatic heterocycles. The van der Waals surface area contributed by atoms with Crippen LogP contribution < -0.4 is 5.73 Å². The Morgan fingerprint density at radius 3 is 2.75 bits per heavy atom. The van der Waals surface area contributed by atoms with Crippen molar-refractivity contribution in [2.45, 2.75) is 43.9 Å². The molecule has 2 aliphatic carbocycles. The van der Waals surface area contributed by atoms with E-state index in [2.05, 4.69) is 18.7 Å². The zero-order chi connectivity index (χ0) is 8.55. The summed E-state index contributed by atoms with van der Waals surface area (Å²) in [7, 11) is 0. The highest BCUT2D eigenvalue weighted by Crippen LogP contribution is 2.49. The van der Waals surface area contributed by atoms with Crippen LogP contribution in [0.5, 0.6) is 0 Å². The summed E-state index contributed by atoms with van der Waals surface area (Å²) in [6.07, 6.45) is 6.03. The Bertz CT molecular complexity index is 158. The maximum atomic E-state index is 5.75. The topological polar surface area (TPSA) is 26.0 Å². The van der Waals surface area contributed by atoms with Gasteiger partial charge in [0.2, 0.25) is 0 Å². The zero-order valence-electron chi connectivity index (χ0n) is 7.83. The van der Waals surface area contributed by atoms with Crippen molar-refractivity contribution < 1.29 is 0 Å². The molecule has 0 amide bonds. The molecule has 2 fully saturated rings. The van der Waals surface area contributed by atoms with Gasteiger partial charge in [0.05, 0.1) is 0 Å². The lowest BCUT2D eigenvalue weighted by Crippen LogP contribution is -2.21. The van der Waals surface area contributed by atoms with Crippen LogP contribution in [0.2, 0.25) is 0 Å². The highest BCUT2D eigenvalue weighted by molar-refractivity contribution is 7.99. The highest BCUT2D eigenvalue weighted by atomic mass is 32.2. The van der Waals surface area contributed by atoms with E-state index in [4.69, 9.17) is 5.73 Å². The minimum absolute atomic E-state index is 0.383. The van der Waals surface area contributed by atoms with Crippen molar-refractivity contribution in [3.05, 3.63) is 0 Å². The minimum Gasteiger partial charge on any atom is -0.327 e. The van der Waals surface area contributed by atoms with E-state index in [0.29, 0.717) is 6.04 Å². The van der Waals surface area contributed by atoms with Crippen molar-refractivity contribution in [2.75, 3.05) is 5.75 Å². The normalized spacial score (nSPS) is 42.0. The molecule has 2 aliphatic rings. The first kappa shape index (κ1) is 8.89. The Morgan fingerprint density at radius 2 is 2.25 bits per heavy atom. The minimum atomic E-state index is 0.383. The molecule has 4 atom stereocenters. The Kier molecular flexibility index (Phi) is 2.66. The van der Waals surface area contributed by atoms with E-state index in [1.54, 1.807) is 0 Å². The third-order valence-corrected chi connectivity index (χ3v) is 4.97. The van der Waals surface area contributed by atoms with Gasteiger partial charge in [-0.2, -0.15) is 11.8 Å². The predicted molar refractivity (Wildman–Crippen MR) is 55.3 cm³/mol. The van der Waals surface area contributed by atoms with Crippen LogP contribution in [-0.4, -0.2) is 17.0 Å². The summed E-state index contributed by atoms with van der Waals surface area (Å²) < 4.78 is 0. The molecule has 0 heterocycles. The maximum Gasteiger partial charge on any atom is 0.0102 e. The smallest absolute Gasteiger partial charge is 0.0102 e. The van der Waals surface area contributed by atoms with Gasteiger partial charge in [-0.25, -0.2) is 0 Å². The Labute approximate surface area is 79.5 Å². The number of hydrogen-bond donors (Lipinski definition) is 1. The summed E-state index contributed by atoms with van der Waals surface area (Å²) in [5.41, 5.74) is 5.75. The SMILES string of the molecule is CC(N)CSC1CC2CCC1C2. The molecule has 2 bridgehead atoms. The van der Waals surface area contributed by atoms with Gasteiger partial charge < -0.3 is 5.73 Å². The van der Waals surface area contributed by atoms with E-state index >= 15 is 0 Å². The third kappa shape index (κ3) is 1.80. The largest absolute Gasteiger partial charge is 0.327 e. The molecule has 0 aromatic heterocycles. The highest BCUT2D eigenvalue weighted by Gasteiger charge is 2.39. The molecule has 0 spiro atoms. The molecular formula is C10H19NS. The Morgan fingerprint density at radius 1 is 1.42 bits per heavy atom. The first-order valence-corrected chi connectivity index (χ1v) is 6.17. The van der Waals surface area contributed by atoms with Gasteiger partial charge in [0.1, 0.15) is 0 Å². The van der Waals surface area contributed by atoms with Crippen LogP contribution in [0, 0.1) is 11.8 Å². The van der Waals surface area contributed by atoms with E-state index < -0.39 is 0 Å². The lowest BCUT2D eigenvalue weighted by atomic mass is 10.0. The number of nitrogens with two attached hydrogens (primary N) is 1. The molecule has 0 aromatic carbocycles. The van der Waals surface area contributed by atoms with Gasteiger partial charge >= 0.3 is 0 Å². The van der Waals surface area contributed by atoms with Gasteiger partial charge in [-0.3, -0.25) is 0 Å². The molecule has 2 heteroatoms. The van der Waals surface area contributed by atoms with Crippen molar-refractivity contribution in [1.29, 1.82) is 0 Å². The summed E-state index contributed by atoms with van der Waals surface area (Å²) >= 11 is 2.13. The molecule has 0 aromatic rings. The van der Waals surface area contributed by atoms with Crippen molar-refractivity contribution in [1.82, 2.24) is 0 Å². The first-order chi connectivity index (χ1) is 5.75. The maximum absolute atomic E-state index is 5.75. The quantitative estimate of drug-likeness (QED) is 0.730. The lowest BCUT2D eigenvalue weighted by molar-refractivity contribution is 0.492. The van der Waals surface area contributed by atoms with Crippen LogP contribution in [0.1, 0.15) is 32.6 Å². The average molecular weight is 185 g/mol. The van der Waals surface area contributed by atoms with E-state index in [1.807, 2.05) is 0 Å². The summed E-state index contributed by atoms with van der Waals surface area (Å²) in [4.78, 5) is 0. The molecule has 2 rings (SSSR count). The number of thioether (sulfide) groups is 1. The van der Waals surface area contributed by atoms with Crippen LogP contribution in [0.3, 0.4) is 0 Å². The zero-order valence-corrected chi connectivity index (χ0v) is 8.65. The number of hydrogen-bond acceptors (Lipinski definition) is 2. The summed E-state index contributed by atoms with van der Waals surface area (Å²) in [6.45, 7) is 2.11. The van der Waals surface area contributed by atoms with Gasteiger partial charge in [0.25, 0.3) is 0 Å². The van der Waals surface area contributed by atoms with Crippen molar-refractivity contribution in [2.24, 2.45) is 17.6 Å². The van der Waals surface area contributed by atoms with Crippen LogP contribution >= 0.6 is 11.8 Å². The van der Waals surface area contributed by atoms with Gasteiger partial charge in [-0.15, -0.1) is 0 Å². The van der Waals surface area contributed by atoms with E-state index in [9.17, 15) is 0 Å². The molecule has 4 unspecified atom stereocenters. The molecule has 2 N–H and O–H groups in total. The van der Waals surface area contributed by atoms with E-state index in [0.717, 1.165) is 22.8 Å². The van der Waals surface area contributed by atoms with Gasteiger partial charge in [-0.05, 0) is 38.0 Å². The van der Waals surface area contributed by atoms with E-state index in [-0.39, 0.29) is 0 Å². The van der Waals surface area contributed by atoms with Crippen LogP contribution in [0.15, 0.2) is 0 Å². The van der Waals surface area contributed by atoms with Gasteiger partial charge in [0.15, 0.2) is 0 Å². The molecule has 2 saturated carbocycles. The predicted octanol–water partition coefficient (Wildman–Crippen LogP) is 2.26. The van der Waals surface area contributed by atoms with Crippen LogP contribution in [-0.2, 0) is 0 Å². The molecule has 70 valence electrons. The molecule has 0 saturated heterocycles. The number of rotatable bonds is 3. The summed E-state index contributed by atoms with van der Waals surface area (Å²) in [5.74, 6) is 3.30. The van der Waals surface area contributed by atoms with Gasteiger partial charge in [0, 0.05) is 17.0 Å². The number of fused-ring (bicyclic) bond motifs is 2. The van der Waals surface area contributed by atoms with Crippen molar-refractivity contribution in [3.63, 3.8) is 0 Å². The van der Waals surface area contributed by atoms with Crippen LogP contribution in [0.25, 0.3) is 0 Å². The van der Waals surface area contributed by atoms with Crippen molar-refractivity contribution >= 4 is 11.8 Å². The third-order valence-electron chi connectivity index (χ3n) is 3.25. The molecule has 12 heavy (non-hydrogen) atoms. The molecule has 0 radical (unpaired) electrons. The monoisotopic (exact) mass is 185 g/mol. The van der Waals surface area contributed by atoms with Gasteiger partial charge in [-0.1, -0.05) is 6.42 Å². The Hall–Kier alpha value is 0.310. The fourth-order valence-electron chi connectivity index (χ4n) is 2.67. The second kappa shape index (κ2) is 3.59. The fraction of sp³-hybridized carbons (Fsp3) is 1.00. The standard InChI is InChI=1S/C10H19NS/c1-7(11)6-12-10-5-8-2-3-9(10)4-8/h7-10H,2-6,11H2,1H3. The first-order valence-electron chi connectivity index (χ1n) is 5.13. The fourth-order valence-corrected chi connectivity index (χ4v) is 4.14. The van der Waals surface area contributed by atoms with Crippen molar-refractivity contribution in [3.8, 4) is 0 Å².